The highest BCUT2D eigenvalue weighted by Crippen LogP contribution is 2.27. The third-order valence-corrected chi connectivity index (χ3v) is 5.83. The number of amides is 2. The van der Waals surface area contributed by atoms with Crippen LogP contribution >= 0.6 is 0 Å². The zero-order valence-corrected chi connectivity index (χ0v) is 18.0. The van der Waals surface area contributed by atoms with Crippen molar-refractivity contribution >= 4 is 17.5 Å². The molecule has 0 aliphatic carbocycles. The van der Waals surface area contributed by atoms with E-state index in [1.807, 2.05) is 71.3 Å². The molecular formula is C26H29N3O2. The monoisotopic (exact) mass is 415 g/mol. The molecule has 5 heteroatoms. The first kappa shape index (κ1) is 21.1. The molecule has 0 bridgehead atoms. The minimum absolute atomic E-state index is 0.0458. The fourth-order valence-electron chi connectivity index (χ4n) is 4.13. The summed E-state index contributed by atoms with van der Waals surface area (Å²) in [4.78, 5) is 31.6. The molecular weight excluding hydrogens is 386 g/mol. The van der Waals surface area contributed by atoms with Gasteiger partial charge in [-0.1, -0.05) is 54.6 Å². The van der Waals surface area contributed by atoms with E-state index in [-0.39, 0.29) is 11.8 Å². The van der Waals surface area contributed by atoms with Gasteiger partial charge in [-0.3, -0.25) is 14.5 Å². The first-order chi connectivity index (χ1) is 15.2. The highest BCUT2D eigenvalue weighted by Gasteiger charge is 2.26. The lowest BCUT2D eigenvalue weighted by molar-refractivity contribution is -0.119. The molecule has 31 heavy (non-hydrogen) atoms. The Morgan fingerprint density at radius 2 is 1.74 bits per heavy atom. The van der Waals surface area contributed by atoms with Gasteiger partial charge in [-0.15, -0.1) is 0 Å². The minimum atomic E-state index is 0.0458. The van der Waals surface area contributed by atoms with Gasteiger partial charge in [-0.2, -0.15) is 0 Å². The van der Waals surface area contributed by atoms with Crippen molar-refractivity contribution in [3.63, 3.8) is 0 Å². The van der Waals surface area contributed by atoms with Gasteiger partial charge < -0.3 is 9.80 Å². The molecule has 2 aliphatic rings. The Bertz CT molecular complexity index is 986. The lowest BCUT2D eigenvalue weighted by atomic mass is 10.1. The van der Waals surface area contributed by atoms with Crippen molar-refractivity contribution in [2.24, 2.45) is 0 Å². The van der Waals surface area contributed by atoms with Crippen molar-refractivity contribution < 1.29 is 9.59 Å². The molecule has 0 saturated heterocycles. The summed E-state index contributed by atoms with van der Waals surface area (Å²) < 4.78 is 0. The van der Waals surface area contributed by atoms with Crippen LogP contribution in [0.2, 0.25) is 0 Å². The van der Waals surface area contributed by atoms with Crippen molar-refractivity contribution in [3.8, 4) is 0 Å². The molecule has 2 aromatic rings. The highest BCUT2D eigenvalue weighted by atomic mass is 16.2. The number of hydrogen-bond donors (Lipinski definition) is 0. The molecule has 0 N–H and O–H groups in total. The molecule has 0 radical (unpaired) electrons. The molecule has 160 valence electrons. The predicted octanol–water partition coefficient (Wildman–Crippen LogP) is 4.01. The number of rotatable bonds is 6. The molecule has 0 fully saturated rings. The van der Waals surface area contributed by atoms with Crippen LogP contribution in [0, 0.1) is 0 Å². The minimum Gasteiger partial charge on any atom is -0.331 e. The second kappa shape index (κ2) is 9.75. The largest absolute Gasteiger partial charge is 0.331 e. The molecule has 0 spiro atoms. The Hall–Kier alpha value is -3.18. The van der Waals surface area contributed by atoms with E-state index in [2.05, 4.69) is 23.1 Å². The topological polar surface area (TPSA) is 43.9 Å². The maximum atomic E-state index is 13.2. The van der Waals surface area contributed by atoms with Crippen LogP contribution in [0.1, 0.15) is 34.8 Å². The molecule has 4 rings (SSSR count). The van der Waals surface area contributed by atoms with Crippen molar-refractivity contribution in [2.45, 2.75) is 26.4 Å². The van der Waals surface area contributed by atoms with Crippen LogP contribution in [0.15, 0.2) is 72.8 Å². The van der Waals surface area contributed by atoms with Gasteiger partial charge in [0.2, 0.25) is 5.91 Å². The van der Waals surface area contributed by atoms with Crippen LogP contribution in [-0.4, -0.2) is 47.8 Å². The van der Waals surface area contributed by atoms with Crippen LogP contribution in [0.5, 0.6) is 0 Å². The number of allylic oxidation sites excluding steroid dienone is 1. The molecule has 2 aromatic carbocycles. The zero-order chi connectivity index (χ0) is 21.6. The van der Waals surface area contributed by atoms with E-state index in [0.29, 0.717) is 31.7 Å². The molecule has 2 heterocycles. The van der Waals surface area contributed by atoms with E-state index < -0.39 is 0 Å². The summed E-state index contributed by atoms with van der Waals surface area (Å²) in [7, 11) is 0. The van der Waals surface area contributed by atoms with Gasteiger partial charge in [0.05, 0.1) is 13.1 Å². The number of carbonyl (C=O) groups excluding carboxylic acids is 2. The second-order valence-corrected chi connectivity index (χ2v) is 8.06. The Balaban J connectivity index is 1.50. The summed E-state index contributed by atoms with van der Waals surface area (Å²) in [5, 5.41) is 0. The van der Waals surface area contributed by atoms with Gasteiger partial charge in [0.25, 0.3) is 5.91 Å². The molecule has 0 aromatic heterocycles. The van der Waals surface area contributed by atoms with Crippen molar-refractivity contribution in [1.29, 1.82) is 0 Å². The van der Waals surface area contributed by atoms with Crippen LogP contribution in [-0.2, 0) is 17.9 Å². The summed E-state index contributed by atoms with van der Waals surface area (Å²) in [5.74, 6) is 0.151. The smallest absolute Gasteiger partial charge is 0.254 e. The number of fused-ring (bicyclic) bond motifs is 1. The highest BCUT2D eigenvalue weighted by molar-refractivity contribution is 5.96. The lowest BCUT2D eigenvalue weighted by Crippen LogP contribution is -2.37. The van der Waals surface area contributed by atoms with E-state index >= 15 is 0 Å². The number of anilines is 1. The molecule has 2 aliphatic heterocycles. The zero-order valence-electron chi connectivity index (χ0n) is 18.0. The van der Waals surface area contributed by atoms with E-state index in [1.165, 1.54) is 5.56 Å². The Kier molecular flexibility index (Phi) is 6.63. The van der Waals surface area contributed by atoms with E-state index in [4.69, 9.17) is 0 Å². The Labute approximate surface area is 184 Å². The summed E-state index contributed by atoms with van der Waals surface area (Å²) >= 11 is 0. The third kappa shape index (κ3) is 4.94. The maximum absolute atomic E-state index is 13.2. The van der Waals surface area contributed by atoms with Gasteiger partial charge in [-0.25, -0.2) is 0 Å². The first-order valence-electron chi connectivity index (χ1n) is 10.9. The molecule has 0 atom stereocenters. The molecule has 2 amide bonds. The second-order valence-electron chi connectivity index (χ2n) is 8.06. The van der Waals surface area contributed by atoms with Crippen molar-refractivity contribution in [3.05, 3.63) is 89.5 Å². The standard InChI is InChI=1S/C26H29N3O2/c1-2-3-6-15-27-19-23-9-4-5-10-24(23)29(25(30)20-27)18-21-11-13-22(14-12-21)26(31)28-16-7-8-17-28/h2-5,7-14H,6,15-20H2,1H3/b3-2-. The SMILES string of the molecule is C/C=C\CCN1CC(=O)N(Cc2ccc(C(=O)N3CC=CC3)cc2)c2ccccc2C1. The van der Waals surface area contributed by atoms with Crippen molar-refractivity contribution in [1.82, 2.24) is 9.80 Å². The van der Waals surface area contributed by atoms with Crippen LogP contribution < -0.4 is 4.90 Å². The Morgan fingerprint density at radius 1 is 1.00 bits per heavy atom. The van der Waals surface area contributed by atoms with Gasteiger partial charge in [-0.05, 0) is 42.7 Å². The quantitative estimate of drug-likeness (QED) is 0.670. The van der Waals surface area contributed by atoms with E-state index in [9.17, 15) is 9.59 Å². The molecule has 0 unspecified atom stereocenters. The van der Waals surface area contributed by atoms with Crippen LogP contribution in [0.3, 0.4) is 0 Å². The Morgan fingerprint density at radius 3 is 2.48 bits per heavy atom. The van der Waals surface area contributed by atoms with Gasteiger partial charge in [0.1, 0.15) is 0 Å². The third-order valence-electron chi connectivity index (χ3n) is 5.83. The summed E-state index contributed by atoms with van der Waals surface area (Å²) in [6, 6.07) is 15.8. The number of hydrogen-bond acceptors (Lipinski definition) is 3. The fourth-order valence-corrected chi connectivity index (χ4v) is 4.13. The predicted molar refractivity (Wildman–Crippen MR) is 124 cm³/mol. The number of benzene rings is 2. The van der Waals surface area contributed by atoms with Crippen molar-refractivity contribution in [2.75, 3.05) is 31.1 Å². The van der Waals surface area contributed by atoms with Gasteiger partial charge in [0, 0.05) is 37.4 Å². The lowest BCUT2D eigenvalue weighted by Gasteiger charge is -2.23. The van der Waals surface area contributed by atoms with Gasteiger partial charge in [0.15, 0.2) is 0 Å². The summed E-state index contributed by atoms with van der Waals surface area (Å²) in [5.41, 5.74) is 3.85. The number of nitrogens with zero attached hydrogens (tertiary/aromatic N) is 3. The number of carbonyl (C=O) groups is 2. The molecule has 5 nitrogen and oxygen atoms in total. The normalized spacial score (nSPS) is 16.7. The van der Waals surface area contributed by atoms with E-state index in [0.717, 1.165) is 30.8 Å². The average Bonchev–Trinajstić information content (AvgIpc) is 3.29. The maximum Gasteiger partial charge on any atom is 0.254 e. The molecule has 0 saturated carbocycles. The average molecular weight is 416 g/mol. The van der Waals surface area contributed by atoms with E-state index in [1.54, 1.807) is 0 Å². The first-order valence-corrected chi connectivity index (χ1v) is 10.9. The summed E-state index contributed by atoms with van der Waals surface area (Å²) in [6.07, 6.45) is 9.15. The van der Waals surface area contributed by atoms with Crippen LogP contribution in [0.25, 0.3) is 0 Å². The fraction of sp³-hybridized carbons (Fsp3) is 0.308. The summed E-state index contributed by atoms with van der Waals surface area (Å²) in [6.45, 7) is 5.90. The van der Waals surface area contributed by atoms with Crippen LogP contribution in [0.4, 0.5) is 5.69 Å². The number of para-hydroxylation sites is 1. The van der Waals surface area contributed by atoms with Gasteiger partial charge >= 0.3 is 0 Å².